The van der Waals surface area contributed by atoms with E-state index in [1.54, 1.807) is 30.3 Å². The Balaban J connectivity index is 2.28. The number of rotatable bonds is 9. The van der Waals surface area contributed by atoms with Crippen LogP contribution in [-0.4, -0.2) is 62.8 Å². The molecule has 1 fully saturated rings. The summed E-state index contributed by atoms with van der Waals surface area (Å²) in [6.07, 6.45) is 0. The van der Waals surface area contributed by atoms with Crippen LogP contribution in [0.2, 0.25) is 0 Å². The highest BCUT2D eigenvalue weighted by Gasteiger charge is 2.47. The number of likely N-dealkylation sites (tertiary alicyclic amines) is 1. The van der Waals surface area contributed by atoms with Gasteiger partial charge in [-0.05, 0) is 36.6 Å². The van der Waals surface area contributed by atoms with Crippen molar-refractivity contribution in [3.05, 3.63) is 58.7 Å². The molecule has 194 valence electrons. The number of amides is 1. The van der Waals surface area contributed by atoms with Gasteiger partial charge in [-0.15, -0.1) is 0 Å². The van der Waals surface area contributed by atoms with Crippen molar-refractivity contribution in [3.63, 3.8) is 0 Å². The largest absolute Gasteiger partial charge is 0.507 e. The van der Waals surface area contributed by atoms with Crippen LogP contribution in [-0.2, 0) is 19.7 Å². The normalized spacial score (nSPS) is 17.4. The molecular weight excluding hydrogens is 462 g/mol. The lowest BCUT2D eigenvalue weighted by Crippen LogP contribution is -2.32. The van der Waals surface area contributed by atoms with Gasteiger partial charge in [-0.2, -0.15) is 0 Å². The SMILES string of the molecule is CCOc1ccc(/C(O)=C2\C(=O)C(=O)N(CCOC)C2c2cccc(OC)c2OC)cc1C(C)(C)C. The number of methoxy groups -OCH3 is 3. The molecule has 1 unspecified atom stereocenters. The Kier molecular flexibility index (Phi) is 8.30. The molecule has 1 amide bonds. The first kappa shape index (κ1) is 27.1. The summed E-state index contributed by atoms with van der Waals surface area (Å²) in [7, 11) is 4.52. The minimum atomic E-state index is -0.894. The number of aliphatic hydroxyl groups is 1. The van der Waals surface area contributed by atoms with E-state index in [1.807, 2.05) is 33.8 Å². The monoisotopic (exact) mass is 497 g/mol. The van der Waals surface area contributed by atoms with Gasteiger partial charge < -0.3 is 29.0 Å². The molecule has 1 saturated heterocycles. The minimum Gasteiger partial charge on any atom is -0.507 e. The zero-order valence-corrected chi connectivity index (χ0v) is 22.0. The zero-order valence-electron chi connectivity index (χ0n) is 22.0. The first-order valence-electron chi connectivity index (χ1n) is 11.9. The number of para-hydroxylation sites is 1. The molecule has 1 atom stereocenters. The molecular formula is C28H35NO7. The Morgan fingerprint density at radius 1 is 1.03 bits per heavy atom. The van der Waals surface area contributed by atoms with Crippen molar-refractivity contribution < 1.29 is 33.6 Å². The number of aliphatic hydroxyl groups excluding tert-OH is 1. The lowest BCUT2D eigenvalue weighted by atomic mass is 9.84. The Bertz CT molecular complexity index is 1160. The number of ether oxygens (including phenoxy) is 4. The molecule has 3 rings (SSSR count). The highest BCUT2D eigenvalue weighted by Crippen LogP contribution is 2.46. The molecule has 1 aliphatic heterocycles. The summed E-state index contributed by atoms with van der Waals surface area (Å²) in [5.74, 6) is -0.231. The third-order valence-electron chi connectivity index (χ3n) is 6.17. The van der Waals surface area contributed by atoms with E-state index < -0.39 is 17.7 Å². The van der Waals surface area contributed by atoms with Crippen LogP contribution in [0.15, 0.2) is 42.0 Å². The standard InChI is InChI=1S/C28H35NO7/c1-8-36-20-13-12-17(16-19(20)28(2,3)4)24(30)22-23(29(14-15-33-5)27(32)25(22)31)18-10-9-11-21(34-6)26(18)35-7/h9-13,16,23,30H,8,14-15H2,1-7H3/b24-22+. The maximum absolute atomic E-state index is 13.3. The van der Waals surface area contributed by atoms with E-state index in [9.17, 15) is 14.7 Å². The minimum absolute atomic E-state index is 0.0216. The molecule has 0 aromatic heterocycles. The number of carbonyl (C=O) groups excluding carboxylic acids is 2. The summed E-state index contributed by atoms with van der Waals surface area (Å²) in [6.45, 7) is 8.89. The summed E-state index contributed by atoms with van der Waals surface area (Å²) in [5, 5.41) is 11.5. The van der Waals surface area contributed by atoms with Crippen LogP contribution < -0.4 is 14.2 Å². The van der Waals surface area contributed by atoms with E-state index in [0.717, 1.165) is 5.56 Å². The fourth-order valence-electron chi connectivity index (χ4n) is 4.45. The molecule has 1 heterocycles. The second-order valence-electron chi connectivity index (χ2n) is 9.46. The summed E-state index contributed by atoms with van der Waals surface area (Å²) in [6, 6.07) is 9.62. The van der Waals surface area contributed by atoms with Crippen molar-refractivity contribution in [2.75, 3.05) is 41.1 Å². The number of nitrogens with zero attached hydrogens (tertiary/aromatic N) is 1. The predicted octanol–water partition coefficient (Wildman–Crippen LogP) is 4.47. The molecule has 2 aromatic carbocycles. The second kappa shape index (κ2) is 11.0. The summed E-state index contributed by atoms with van der Waals surface area (Å²) >= 11 is 0. The van der Waals surface area contributed by atoms with Crippen LogP contribution in [0.5, 0.6) is 17.2 Å². The van der Waals surface area contributed by atoms with Crippen LogP contribution in [0.1, 0.15) is 50.4 Å². The third-order valence-corrected chi connectivity index (χ3v) is 6.17. The van der Waals surface area contributed by atoms with Crippen LogP contribution in [0.4, 0.5) is 0 Å². The van der Waals surface area contributed by atoms with E-state index in [2.05, 4.69) is 0 Å². The van der Waals surface area contributed by atoms with Gasteiger partial charge in [-0.1, -0.05) is 32.9 Å². The van der Waals surface area contributed by atoms with Crippen LogP contribution in [0.25, 0.3) is 5.76 Å². The molecule has 1 aliphatic rings. The molecule has 8 heteroatoms. The molecule has 2 aromatic rings. The topological polar surface area (TPSA) is 94.5 Å². The Hall–Kier alpha value is -3.52. The van der Waals surface area contributed by atoms with E-state index in [-0.39, 0.29) is 29.9 Å². The average Bonchev–Trinajstić information content (AvgIpc) is 3.10. The highest BCUT2D eigenvalue weighted by molar-refractivity contribution is 6.46. The van der Waals surface area contributed by atoms with Gasteiger partial charge in [-0.3, -0.25) is 9.59 Å². The fraction of sp³-hybridized carbons (Fsp3) is 0.429. The van der Waals surface area contributed by atoms with Gasteiger partial charge in [0.25, 0.3) is 11.7 Å². The van der Waals surface area contributed by atoms with Gasteiger partial charge in [0.1, 0.15) is 11.5 Å². The highest BCUT2D eigenvalue weighted by atomic mass is 16.5. The molecule has 0 radical (unpaired) electrons. The summed E-state index contributed by atoms with van der Waals surface area (Å²) in [5.41, 5.74) is 1.50. The van der Waals surface area contributed by atoms with Gasteiger partial charge in [-0.25, -0.2) is 0 Å². The molecule has 0 bridgehead atoms. The number of hydrogen-bond acceptors (Lipinski definition) is 7. The number of ketones is 1. The van der Waals surface area contributed by atoms with Crippen molar-refractivity contribution in [1.82, 2.24) is 4.90 Å². The molecule has 0 aliphatic carbocycles. The third kappa shape index (κ3) is 5.04. The Morgan fingerprint density at radius 2 is 1.75 bits per heavy atom. The Morgan fingerprint density at radius 3 is 2.33 bits per heavy atom. The van der Waals surface area contributed by atoms with Crippen molar-refractivity contribution in [1.29, 1.82) is 0 Å². The smallest absolute Gasteiger partial charge is 0.295 e. The van der Waals surface area contributed by atoms with Crippen LogP contribution >= 0.6 is 0 Å². The van der Waals surface area contributed by atoms with Gasteiger partial charge in [0.15, 0.2) is 11.5 Å². The maximum atomic E-state index is 13.3. The van der Waals surface area contributed by atoms with Crippen LogP contribution in [0, 0.1) is 0 Å². The van der Waals surface area contributed by atoms with Gasteiger partial charge in [0.2, 0.25) is 0 Å². The van der Waals surface area contributed by atoms with Gasteiger partial charge >= 0.3 is 0 Å². The molecule has 8 nitrogen and oxygen atoms in total. The van der Waals surface area contributed by atoms with E-state index >= 15 is 0 Å². The van der Waals surface area contributed by atoms with E-state index in [4.69, 9.17) is 18.9 Å². The van der Waals surface area contributed by atoms with Crippen LogP contribution in [0.3, 0.4) is 0 Å². The van der Waals surface area contributed by atoms with Gasteiger partial charge in [0, 0.05) is 30.3 Å². The maximum Gasteiger partial charge on any atom is 0.295 e. The summed E-state index contributed by atoms with van der Waals surface area (Å²) < 4.78 is 22.1. The quantitative estimate of drug-likeness (QED) is 0.310. The number of hydrogen-bond donors (Lipinski definition) is 1. The average molecular weight is 498 g/mol. The number of Topliss-reactive ketones (excluding diaryl/α,β-unsaturated/α-hetero) is 1. The Labute approximate surface area is 212 Å². The van der Waals surface area contributed by atoms with Crippen molar-refractivity contribution in [2.45, 2.75) is 39.2 Å². The molecule has 36 heavy (non-hydrogen) atoms. The molecule has 0 saturated carbocycles. The zero-order chi connectivity index (χ0) is 26.6. The fourth-order valence-corrected chi connectivity index (χ4v) is 4.45. The summed E-state index contributed by atoms with van der Waals surface area (Å²) in [4.78, 5) is 27.9. The molecule has 0 spiro atoms. The van der Waals surface area contributed by atoms with Crippen molar-refractivity contribution in [2.24, 2.45) is 0 Å². The first-order chi connectivity index (χ1) is 17.1. The van der Waals surface area contributed by atoms with Crippen molar-refractivity contribution >= 4 is 17.4 Å². The van der Waals surface area contributed by atoms with E-state index in [0.29, 0.717) is 35.0 Å². The lowest BCUT2D eigenvalue weighted by molar-refractivity contribution is -0.140. The number of carbonyl (C=O) groups is 2. The predicted molar refractivity (Wildman–Crippen MR) is 137 cm³/mol. The molecule has 1 N–H and O–H groups in total. The lowest BCUT2D eigenvalue weighted by Gasteiger charge is -2.27. The number of benzene rings is 2. The first-order valence-corrected chi connectivity index (χ1v) is 11.9. The van der Waals surface area contributed by atoms with Gasteiger partial charge in [0.05, 0.1) is 39.0 Å². The van der Waals surface area contributed by atoms with E-state index in [1.165, 1.54) is 26.2 Å². The van der Waals surface area contributed by atoms with Crippen molar-refractivity contribution in [3.8, 4) is 17.2 Å². The second-order valence-corrected chi connectivity index (χ2v) is 9.46.